The van der Waals surface area contributed by atoms with Crippen molar-refractivity contribution in [2.75, 3.05) is 0 Å². The van der Waals surface area contributed by atoms with Crippen molar-refractivity contribution < 1.29 is 15.9 Å². The topological polar surface area (TPSA) is 28.6 Å². The zero-order valence-corrected chi connectivity index (χ0v) is 21.4. The van der Waals surface area contributed by atoms with Crippen molar-refractivity contribution in [1.29, 1.82) is 0 Å². The van der Waals surface area contributed by atoms with E-state index in [0.29, 0.717) is 5.02 Å². The maximum absolute atomic E-state index is 6.51. The molecular weight excluding hydrogens is 492 g/mol. The number of aliphatic imine (C=N–C) groups is 2. The van der Waals surface area contributed by atoms with Gasteiger partial charge in [-0.25, -0.2) is 0 Å². The van der Waals surface area contributed by atoms with Crippen molar-refractivity contribution in [3.63, 3.8) is 0 Å². The van der Waals surface area contributed by atoms with E-state index in [9.17, 15) is 0 Å². The van der Waals surface area contributed by atoms with Gasteiger partial charge in [0, 0.05) is 0 Å². The van der Waals surface area contributed by atoms with Crippen LogP contribution in [-0.2, 0) is 12.3 Å². The van der Waals surface area contributed by atoms with Crippen molar-refractivity contribution in [1.82, 2.24) is 0 Å². The molecule has 0 N–H and O–H groups in total. The summed E-state index contributed by atoms with van der Waals surface area (Å²) in [4.78, 5) is 9.72. The number of benzene rings is 2. The molecule has 0 aliphatic carbocycles. The number of hydrogen-bond donors (Lipinski definition) is 0. The zero-order chi connectivity index (χ0) is 22.7. The van der Waals surface area contributed by atoms with E-state index < -0.39 is 12.3 Å². The Kier molecular flexibility index (Phi) is 7.96. The Morgan fingerprint density at radius 2 is 1.13 bits per heavy atom. The van der Waals surface area contributed by atoms with Crippen LogP contribution >= 0.6 is 31.8 Å². The van der Waals surface area contributed by atoms with Crippen LogP contribution < -0.4 is 3.58 Å². The van der Waals surface area contributed by atoms with Crippen LogP contribution in [-0.4, -0.2) is 11.4 Å². The summed E-state index contributed by atoms with van der Waals surface area (Å²) >= 11 is 4.67. The second-order valence-electron chi connectivity index (χ2n) is 7.28. The summed E-state index contributed by atoms with van der Waals surface area (Å²) in [5.74, 6) is 0. The summed E-state index contributed by atoms with van der Waals surface area (Å²) in [6.45, 7) is 10.0. The molecule has 31 heavy (non-hydrogen) atoms. The van der Waals surface area contributed by atoms with Crippen molar-refractivity contribution in [3.8, 4) is 0 Å². The third kappa shape index (κ3) is 5.39. The fourth-order valence-electron chi connectivity index (χ4n) is 3.33. The van der Waals surface area contributed by atoms with Gasteiger partial charge in [0.05, 0.1) is 0 Å². The Hall–Kier alpha value is -1.68. The molecule has 0 atom stereocenters. The molecule has 1 aromatic heterocycles. The molecule has 0 radical (unpaired) electrons. The minimum absolute atomic E-state index is 0.607. The number of para-hydroxylation sites is 2. The van der Waals surface area contributed by atoms with Gasteiger partial charge in [-0.3, -0.25) is 0 Å². The molecule has 0 unspecified atom stereocenters. The number of rotatable bonds is 5. The molecule has 2 aromatic carbocycles. The summed E-state index contributed by atoms with van der Waals surface area (Å²) in [6, 6.07) is 17.8. The van der Waals surface area contributed by atoms with Crippen LogP contribution in [0.1, 0.15) is 41.9 Å². The Morgan fingerprint density at radius 1 is 0.710 bits per heavy atom. The van der Waals surface area contributed by atoms with Gasteiger partial charge < -0.3 is 0 Å². The number of pyridine rings is 1. The van der Waals surface area contributed by atoms with Gasteiger partial charge in [-0.15, -0.1) is 0 Å². The normalized spacial score (nSPS) is 12.8. The SMILES string of the molecule is CC(=Nc1c(C)cccc1C)c1cccc(C(C)=Nc2c(C)cccc2Cl)[n+]1[Fe]([Cl])[Cl]. The average molecular weight is 517 g/mol. The Labute approximate surface area is 202 Å². The Bertz CT molecular complexity index is 1060. The number of aryl methyl sites for hydroxylation is 3. The molecule has 163 valence electrons. The molecule has 7 heteroatoms. The van der Waals surface area contributed by atoms with E-state index in [1.54, 1.807) is 0 Å². The molecule has 1 heterocycles. The maximum atomic E-state index is 6.51. The van der Waals surface area contributed by atoms with Crippen molar-refractivity contribution >= 4 is 54.6 Å². The fraction of sp³-hybridized carbons (Fsp3) is 0.208. The van der Waals surface area contributed by atoms with E-state index in [-0.39, 0.29) is 0 Å². The molecule has 0 spiro atoms. The first-order chi connectivity index (χ1) is 14.7. The van der Waals surface area contributed by atoms with Crippen LogP contribution in [0.3, 0.4) is 0 Å². The standard InChI is InChI=1S/C24H24ClN3.2ClH.Fe/c1-15-9-6-10-16(2)23(15)26-18(4)21-13-8-14-22(28-21)19(5)27-24-17(3)11-7-12-20(24)25;;;/h6-14H,1-5H3;2*1H;/q;;;+3/p-2. The summed E-state index contributed by atoms with van der Waals surface area (Å²) in [7, 11) is 13.0. The number of nitrogens with zero attached hydrogens (tertiary/aromatic N) is 3. The van der Waals surface area contributed by atoms with Crippen molar-refractivity contribution in [3.05, 3.63) is 87.7 Å². The first kappa shape index (κ1) is 24.0. The number of hydrogen-bond acceptors (Lipinski definition) is 2. The van der Waals surface area contributed by atoms with E-state index >= 15 is 0 Å². The van der Waals surface area contributed by atoms with E-state index in [2.05, 4.69) is 26.0 Å². The molecule has 3 nitrogen and oxygen atoms in total. The quantitative estimate of drug-likeness (QED) is 0.248. The molecule has 0 aliphatic rings. The predicted octanol–water partition coefficient (Wildman–Crippen LogP) is 7.52. The van der Waals surface area contributed by atoms with Gasteiger partial charge in [-0.2, -0.15) is 0 Å². The van der Waals surface area contributed by atoms with Crippen LogP contribution in [0, 0.1) is 20.8 Å². The van der Waals surface area contributed by atoms with Crippen molar-refractivity contribution in [2.45, 2.75) is 34.6 Å². The van der Waals surface area contributed by atoms with Gasteiger partial charge >= 0.3 is 203 Å². The first-order valence-electron chi connectivity index (χ1n) is 9.69. The van der Waals surface area contributed by atoms with Gasteiger partial charge in [0.1, 0.15) is 0 Å². The summed E-state index contributed by atoms with van der Waals surface area (Å²) < 4.78 is 1.92. The van der Waals surface area contributed by atoms with E-state index in [4.69, 9.17) is 41.8 Å². The van der Waals surface area contributed by atoms with E-state index in [1.165, 1.54) is 0 Å². The number of aromatic nitrogens is 1. The van der Waals surface area contributed by atoms with Gasteiger partial charge in [0.25, 0.3) is 0 Å². The average Bonchev–Trinajstić information content (AvgIpc) is 2.72. The van der Waals surface area contributed by atoms with Crippen LogP contribution in [0.5, 0.6) is 0 Å². The Balaban J connectivity index is 2.16. The number of halogens is 3. The molecule has 3 rings (SSSR count). The molecule has 0 aliphatic heterocycles. The third-order valence-corrected chi connectivity index (χ3v) is 7.16. The van der Waals surface area contributed by atoms with Crippen LogP contribution in [0.2, 0.25) is 5.02 Å². The van der Waals surface area contributed by atoms with Gasteiger partial charge in [0.15, 0.2) is 0 Å². The van der Waals surface area contributed by atoms with Gasteiger partial charge in [-0.1, -0.05) is 0 Å². The first-order valence-corrected chi connectivity index (χ1v) is 13.6. The van der Waals surface area contributed by atoms with Gasteiger partial charge in [-0.05, 0) is 0 Å². The van der Waals surface area contributed by atoms with Crippen molar-refractivity contribution in [2.24, 2.45) is 9.98 Å². The molecule has 0 bridgehead atoms. The molecule has 0 saturated heterocycles. The van der Waals surface area contributed by atoms with Crippen LogP contribution in [0.4, 0.5) is 11.4 Å². The summed E-state index contributed by atoms with van der Waals surface area (Å²) in [5.41, 5.74) is 8.25. The minimum atomic E-state index is -1.72. The fourth-order valence-corrected chi connectivity index (χ4v) is 5.58. The molecule has 3 aromatic rings. The zero-order valence-electron chi connectivity index (χ0n) is 18.0. The van der Waals surface area contributed by atoms with Crippen LogP contribution in [0.15, 0.2) is 64.6 Å². The summed E-state index contributed by atoms with van der Waals surface area (Å²) in [5, 5.41) is 0.607. The van der Waals surface area contributed by atoms with Crippen LogP contribution in [0.25, 0.3) is 0 Å². The third-order valence-electron chi connectivity index (χ3n) is 4.97. The molecule has 0 amide bonds. The monoisotopic (exact) mass is 515 g/mol. The molecule has 0 saturated carbocycles. The second kappa shape index (κ2) is 10.3. The predicted molar refractivity (Wildman–Crippen MR) is 130 cm³/mol. The molecular formula is C24H24Cl3FeN3+. The van der Waals surface area contributed by atoms with Gasteiger partial charge in [0.2, 0.25) is 0 Å². The van der Waals surface area contributed by atoms with E-state index in [1.807, 2.05) is 66.8 Å². The van der Waals surface area contributed by atoms with E-state index in [0.717, 1.165) is 50.9 Å². The summed E-state index contributed by atoms with van der Waals surface area (Å²) in [6.07, 6.45) is 0. The Morgan fingerprint density at radius 3 is 1.61 bits per heavy atom. The molecule has 0 fully saturated rings. The second-order valence-corrected chi connectivity index (χ2v) is 11.4.